The second-order valence-corrected chi connectivity index (χ2v) is 5.17. The summed E-state index contributed by atoms with van der Waals surface area (Å²) >= 11 is 6.25. The number of aldehydes is 1. The molecule has 0 radical (unpaired) electrons. The normalized spacial score (nSPS) is 11.0. The molecule has 0 spiro atoms. The first-order valence-corrected chi connectivity index (χ1v) is 7.21. The number of aromatic nitrogens is 2. The van der Waals surface area contributed by atoms with Crippen LogP contribution in [0.25, 0.3) is 22.4 Å². The Bertz CT molecular complexity index is 962. The molecular formula is C15H11ClN2O5. The molecule has 2 heterocycles. The summed E-state index contributed by atoms with van der Waals surface area (Å²) in [6.07, 6.45) is 1.79. The number of nitrogens with zero attached hydrogens (tertiary/aromatic N) is 1. The van der Waals surface area contributed by atoms with E-state index in [0.29, 0.717) is 30.6 Å². The van der Waals surface area contributed by atoms with E-state index < -0.39 is 11.2 Å². The number of nitrogens with one attached hydrogen (secondary N) is 1. The van der Waals surface area contributed by atoms with Crippen LogP contribution in [0.4, 0.5) is 0 Å². The molecule has 1 N–H and O–H groups in total. The lowest BCUT2D eigenvalue weighted by Crippen LogP contribution is -2.24. The Balaban J connectivity index is 2.08. The third-order valence-corrected chi connectivity index (χ3v) is 3.57. The molecule has 1 aromatic carbocycles. The minimum atomic E-state index is -0.789. The average Bonchev–Trinajstić information content (AvgIpc) is 2.52. The lowest BCUT2D eigenvalue weighted by Gasteiger charge is -2.10. The summed E-state index contributed by atoms with van der Waals surface area (Å²) in [6.45, 7) is 0.334. The van der Waals surface area contributed by atoms with E-state index >= 15 is 0 Å². The van der Waals surface area contributed by atoms with E-state index in [1.807, 2.05) is 0 Å². The minimum Gasteiger partial charge on any atom is -0.492 e. The molecule has 118 valence electrons. The van der Waals surface area contributed by atoms with Gasteiger partial charge in [0.15, 0.2) is 5.58 Å². The van der Waals surface area contributed by atoms with Gasteiger partial charge < -0.3 is 13.9 Å². The van der Waals surface area contributed by atoms with Crippen molar-refractivity contribution in [2.45, 2.75) is 12.8 Å². The summed E-state index contributed by atoms with van der Waals surface area (Å²) < 4.78 is 11.0. The fourth-order valence-corrected chi connectivity index (χ4v) is 2.40. The molecule has 0 fully saturated rings. The Morgan fingerprint density at radius 3 is 2.96 bits per heavy atom. The van der Waals surface area contributed by atoms with Crippen LogP contribution >= 0.6 is 11.6 Å². The highest BCUT2D eigenvalue weighted by molar-refractivity contribution is 6.36. The van der Waals surface area contributed by atoms with Crippen LogP contribution in [0.2, 0.25) is 5.02 Å². The van der Waals surface area contributed by atoms with Crippen LogP contribution in [-0.4, -0.2) is 22.9 Å². The Morgan fingerprint density at radius 1 is 1.35 bits per heavy atom. The van der Waals surface area contributed by atoms with Crippen LogP contribution < -0.4 is 16.0 Å². The van der Waals surface area contributed by atoms with Gasteiger partial charge in [-0.3, -0.25) is 9.78 Å². The third-order valence-electron chi connectivity index (χ3n) is 3.21. The number of fused-ring (bicyclic) bond motifs is 2. The zero-order chi connectivity index (χ0) is 16.4. The molecule has 23 heavy (non-hydrogen) atoms. The maximum Gasteiger partial charge on any atom is 0.351 e. The van der Waals surface area contributed by atoms with E-state index in [1.54, 1.807) is 18.2 Å². The first-order chi connectivity index (χ1) is 11.1. The number of carbonyl (C=O) groups is 1. The summed E-state index contributed by atoms with van der Waals surface area (Å²) in [4.78, 5) is 39.0. The maximum absolute atomic E-state index is 11.8. The highest BCUT2D eigenvalue weighted by Gasteiger charge is 2.17. The Kier molecular flexibility index (Phi) is 4.12. The summed E-state index contributed by atoms with van der Waals surface area (Å²) in [6, 6.07) is 4.88. The van der Waals surface area contributed by atoms with Crippen LogP contribution in [0.3, 0.4) is 0 Å². The quantitative estimate of drug-likeness (QED) is 0.435. The summed E-state index contributed by atoms with van der Waals surface area (Å²) in [7, 11) is 0. The standard InChI is InChI=1S/C15H11ClN2O5/c16-11-10(22-6-2-1-5-19)4-3-8-7-9-13(20)17-15(21)18-14(9)23-12(8)11/h3-5,7H,1-2,6H2,(H,17,20,21). The maximum atomic E-state index is 11.8. The van der Waals surface area contributed by atoms with Gasteiger partial charge in [-0.2, -0.15) is 4.98 Å². The monoisotopic (exact) mass is 334 g/mol. The predicted molar refractivity (Wildman–Crippen MR) is 83.3 cm³/mol. The molecule has 0 aromatic heterocycles. The molecular weight excluding hydrogens is 324 g/mol. The molecule has 0 bridgehead atoms. The number of ether oxygens (including phenoxy) is 1. The molecule has 0 atom stereocenters. The van der Waals surface area contributed by atoms with Crippen molar-refractivity contribution in [2.24, 2.45) is 0 Å². The van der Waals surface area contributed by atoms with Crippen LogP contribution in [0.15, 0.2) is 32.2 Å². The summed E-state index contributed by atoms with van der Waals surface area (Å²) in [5, 5.41) is 0.790. The van der Waals surface area contributed by atoms with Crippen molar-refractivity contribution in [3.05, 3.63) is 44.1 Å². The van der Waals surface area contributed by atoms with Crippen LogP contribution in [0, 0.1) is 0 Å². The minimum absolute atomic E-state index is 0.0914. The molecule has 8 heteroatoms. The largest absolute Gasteiger partial charge is 0.492 e. The number of hydrogen-bond acceptors (Lipinski definition) is 6. The molecule has 0 unspecified atom stereocenters. The van der Waals surface area contributed by atoms with Gasteiger partial charge in [-0.15, -0.1) is 0 Å². The Morgan fingerprint density at radius 2 is 2.17 bits per heavy atom. The third kappa shape index (κ3) is 2.95. The number of benzene rings is 1. The van der Waals surface area contributed by atoms with Crippen molar-refractivity contribution in [1.29, 1.82) is 0 Å². The SMILES string of the molecule is O=CCCCOc1ccc2cc3c(=O)[nH]c(=O)nc-3oc2c1Cl. The van der Waals surface area contributed by atoms with Crippen LogP contribution in [0.1, 0.15) is 12.8 Å². The van der Waals surface area contributed by atoms with Gasteiger partial charge in [-0.1, -0.05) is 11.6 Å². The lowest BCUT2D eigenvalue weighted by molar-refractivity contribution is -0.108. The molecule has 2 aliphatic heterocycles. The Labute approximate surface area is 134 Å². The van der Waals surface area contributed by atoms with Crippen LogP contribution in [0.5, 0.6) is 5.75 Å². The molecule has 0 amide bonds. The number of unbranched alkanes of at least 4 members (excludes halogenated alkanes) is 1. The summed E-state index contributed by atoms with van der Waals surface area (Å²) in [5.74, 6) is 0.298. The van der Waals surface area contributed by atoms with Crippen LogP contribution in [-0.2, 0) is 4.79 Å². The molecule has 7 nitrogen and oxygen atoms in total. The predicted octanol–water partition coefficient (Wildman–Crippen LogP) is 1.99. The molecule has 1 aromatic rings. The number of H-pyrrole nitrogens is 1. The first kappa shape index (κ1) is 15.2. The first-order valence-electron chi connectivity index (χ1n) is 6.83. The van der Waals surface area contributed by atoms with Gasteiger partial charge in [0.1, 0.15) is 22.6 Å². The molecule has 3 rings (SSSR count). The van der Waals surface area contributed by atoms with E-state index in [-0.39, 0.29) is 22.1 Å². The lowest BCUT2D eigenvalue weighted by atomic mass is 10.1. The number of halogens is 1. The molecule has 0 saturated carbocycles. The number of hydrogen-bond donors (Lipinski definition) is 1. The number of rotatable bonds is 5. The van der Waals surface area contributed by atoms with Crippen molar-refractivity contribution >= 4 is 28.9 Å². The van der Waals surface area contributed by atoms with E-state index in [4.69, 9.17) is 20.8 Å². The smallest absolute Gasteiger partial charge is 0.351 e. The van der Waals surface area contributed by atoms with Crippen molar-refractivity contribution < 1.29 is 13.9 Å². The van der Waals surface area contributed by atoms with Gasteiger partial charge in [-0.05, 0) is 24.6 Å². The highest BCUT2D eigenvalue weighted by atomic mass is 35.5. The van der Waals surface area contributed by atoms with Gasteiger partial charge in [0.2, 0.25) is 5.89 Å². The molecule has 0 saturated heterocycles. The average molecular weight is 335 g/mol. The van der Waals surface area contributed by atoms with Crippen molar-refractivity contribution in [1.82, 2.24) is 9.97 Å². The summed E-state index contributed by atoms with van der Waals surface area (Å²) in [5.41, 5.74) is -0.934. The van der Waals surface area contributed by atoms with Gasteiger partial charge in [0, 0.05) is 11.8 Å². The highest BCUT2D eigenvalue weighted by Crippen LogP contribution is 2.35. The fraction of sp³-hybridized carbons (Fsp3) is 0.200. The zero-order valence-electron chi connectivity index (χ0n) is 11.8. The topological polar surface area (TPSA) is 102 Å². The van der Waals surface area contributed by atoms with Gasteiger partial charge in [0.05, 0.1) is 6.61 Å². The second-order valence-electron chi connectivity index (χ2n) is 4.79. The van der Waals surface area contributed by atoms with Gasteiger partial charge in [0.25, 0.3) is 5.56 Å². The number of aromatic amines is 1. The number of carbonyl (C=O) groups excluding carboxylic acids is 1. The Hall–Kier alpha value is -2.67. The van der Waals surface area contributed by atoms with E-state index in [2.05, 4.69) is 9.97 Å². The van der Waals surface area contributed by atoms with Crippen molar-refractivity contribution in [3.8, 4) is 17.2 Å². The molecule has 0 aliphatic carbocycles. The van der Waals surface area contributed by atoms with Crippen molar-refractivity contribution in [2.75, 3.05) is 6.61 Å². The van der Waals surface area contributed by atoms with E-state index in [0.717, 1.165) is 6.29 Å². The van der Waals surface area contributed by atoms with Gasteiger partial charge >= 0.3 is 5.69 Å². The zero-order valence-corrected chi connectivity index (χ0v) is 12.6. The van der Waals surface area contributed by atoms with E-state index in [9.17, 15) is 14.4 Å². The van der Waals surface area contributed by atoms with E-state index in [1.165, 1.54) is 0 Å². The molecule has 2 aliphatic rings. The van der Waals surface area contributed by atoms with Crippen molar-refractivity contribution in [3.63, 3.8) is 0 Å². The van der Waals surface area contributed by atoms with Gasteiger partial charge in [-0.25, -0.2) is 4.79 Å². The second kappa shape index (κ2) is 6.21. The fourth-order valence-electron chi connectivity index (χ4n) is 2.13.